The lowest BCUT2D eigenvalue weighted by Gasteiger charge is -1.95. The Kier molecular flexibility index (Phi) is 6.68. The van der Waals surface area contributed by atoms with Crippen LogP contribution in [0.25, 0.3) is 0 Å². The lowest BCUT2D eigenvalue weighted by Crippen LogP contribution is -1.74. The molecule has 0 atom stereocenters. The molecule has 0 spiro atoms. The highest BCUT2D eigenvalue weighted by atomic mass is 13.9. The second kappa shape index (κ2) is 6.85. The standard InChI is InChI=1S/C10H19/c1-4-6-7-8-9-10(3)5-2/h9H,2,4-8H2,1,3H3/b10-9+. The molecular weight excluding hydrogens is 120 g/mol. The van der Waals surface area contributed by atoms with Gasteiger partial charge in [-0.2, -0.15) is 0 Å². The summed E-state index contributed by atoms with van der Waals surface area (Å²) < 4.78 is 0. The molecule has 0 aliphatic heterocycles. The quantitative estimate of drug-likeness (QED) is 0.402. The maximum Gasteiger partial charge on any atom is -0.0323 e. The van der Waals surface area contributed by atoms with Crippen LogP contribution in [-0.4, -0.2) is 0 Å². The summed E-state index contributed by atoms with van der Waals surface area (Å²) in [5.74, 6) is 0. The van der Waals surface area contributed by atoms with Crippen molar-refractivity contribution >= 4 is 0 Å². The first-order valence-electron chi connectivity index (χ1n) is 4.26. The van der Waals surface area contributed by atoms with E-state index in [1.165, 1.54) is 31.3 Å². The largest absolute Gasteiger partial charge is 0.0856 e. The summed E-state index contributed by atoms with van der Waals surface area (Å²) >= 11 is 0. The molecule has 0 aliphatic rings. The first kappa shape index (κ1) is 9.74. The van der Waals surface area contributed by atoms with Crippen molar-refractivity contribution in [3.63, 3.8) is 0 Å². The second-order valence-electron chi connectivity index (χ2n) is 2.80. The van der Waals surface area contributed by atoms with Crippen molar-refractivity contribution in [1.82, 2.24) is 0 Å². The van der Waals surface area contributed by atoms with Crippen molar-refractivity contribution in [1.29, 1.82) is 0 Å². The van der Waals surface area contributed by atoms with Crippen molar-refractivity contribution in [2.45, 2.75) is 46.0 Å². The first-order chi connectivity index (χ1) is 4.81. The van der Waals surface area contributed by atoms with E-state index in [1.54, 1.807) is 0 Å². The Morgan fingerprint density at radius 1 is 1.40 bits per heavy atom. The van der Waals surface area contributed by atoms with Gasteiger partial charge in [-0.3, -0.25) is 0 Å². The van der Waals surface area contributed by atoms with Crippen LogP contribution in [-0.2, 0) is 0 Å². The summed E-state index contributed by atoms with van der Waals surface area (Å²) in [5, 5.41) is 0. The fourth-order valence-corrected chi connectivity index (χ4v) is 0.845. The van der Waals surface area contributed by atoms with Crippen LogP contribution in [0, 0.1) is 6.92 Å². The van der Waals surface area contributed by atoms with Gasteiger partial charge in [0.15, 0.2) is 0 Å². The van der Waals surface area contributed by atoms with Crippen LogP contribution in [0.3, 0.4) is 0 Å². The molecule has 0 saturated carbocycles. The smallest absolute Gasteiger partial charge is 0.0323 e. The van der Waals surface area contributed by atoms with E-state index in [-0.39, 0.29) is 0 Å². The average molecular weight is 139 g/mol. The monoisotopic (exact) mass is 139 g/mol. The molecule has 0 aromatic heterocycles. The number of rotatable bonds is 5. The van der Waals surface area contributed by atoms with E-state index in [1.807, 2.05) is 0 Å². The predicted octanol–water partition coefficient (Wildman–Crippen LogP) is 3.74. The summed E-state index contributed by atoms with van der Waals surface area (Å²) in [6.07, 6.45) is 8.54. The van der Waals surface area contributed by atoms with E-state index >= 15 is 0 Å². The highest BCUT2D eigenvalue weighted by Gasteiger charge is 1.84. The molecule has 0 saturated heterocycles. The van der Waals surface area contributed by atoms with Crippen molar-refractivity contribution in [3.8, 4) is 0 Å². The molecule has 0 amide bonds. The van der Waals surface area contributed by atoms with Gasteiger partial charge in [0.2, 0.25) is 0 Å². The summed E-state index contributed by atoms with van der Waals surface area (Å²) in [6, 6.07) is 0. The van der Waals surface area contributed by atoms with Gasteiger partial charge in [0, 0.05) is 0 Å². The highest BCUT2D eigenvalue weighted by Crippen LogP contribution is 2.04. The van der Waals surface area contributed by atoms with Crippen molar-refractivity contribution < 1.29 is 0 Å². The molecule has 0 rings (SSSR count). The minimum atomic E-state index is 0.964. The van der Waals surface area contributed by atoms with Crippen molar-refractivity contribution in [2.24, 2.45) is 0 Å². The number of hydrogen-bond acceptors (Lipinski definition) is 0. The van der Waals surface area contributed by atoms with Gasteiger partial charge in [-0.15, -0.1) is 0 Å². The zero-order valence-corrected chi connectivity index (χ0v) is 7.32. The Morgan fingerprint density at radius 3 is 2.60 bits per heavy atom. The SMILES string of the molecule is [CH2]C/C(C)=C/CCCCC. The Balaban J connectivity index is 3.16. The summed E-state index contributed by atoms with van der Waals surface area (Å²) in [4.78, 5) is 0. The predicted molar refractivity (Wildman–Crippen MR) is 47.9 cm³/mol. The molecule has 0 heteroatoms. The lowest BCUT2D eigenvalue weighted by molar-refractivity contribution is 0.726. The van der Waals surface area contributed by atoms with E-state index in [2.05, 4.69) is 26.8 Å². The summed E-state index contributed by atoms with van der Waals surface area (Å²) in [6.45, 7) is 8.20. The van der Waals surface area contributed by atoms with Gasteiger partial charge in [-0.05, 0) is 33.1 Å². The fourth-order valence-electron chi connectivity index (χ4n) is 0.845. The Hall–Kier alpha value is -0.260. The van der Waals surface area contributed by atoms with Gasteiger partial charge in [0.25, 0.3) is 0 Å². The Bertz CT molecular complexity index is 90.2. The van der Waals surface area contributed by atoms with Crippen molar-refractivity contribution in [2.75, 3.05) is 0 Å². The lowest BCUT2D eigenvalue weighted by atomic mass is 10.1. The molecule has 0 bridgehead atoms. The molecule has 1 radical (unpaired) electrons. The minimum Gasteiger partial charge on any atom is -0.0856 e. The van der Waals surface area contributed by atoms with Crippen LogP contribution in [0.1, 0.15) is 46.0 Å². The van der Waals surface area contributed by atoms with Gasteiger partial charge < -0.3 is 0 Å². The van der Waals surface area contributed by atoms with Gasteiger partial charge in [0.05, 0.1) is 0 Å². The van der Waals surface area contributed by atoms with Gasteiger partial charge >= 0.3 is 0 Å². The van der Waals surface area contributed by atoms with E-state index in [9.17, 15) is 0 Å². The van der Waals surface area contributed by atoms with Gasteiger partial charge in [-0.1, -0.05) is 31.4 Å². The maximum absolute atomic E-state index is 3.82. The van der Waals surface area contributed by atoms with Gasteiger partial charge in [0.1, 0.15) is 0 Å². The molecule has 0 heterocycles. The minimum absolute atomic E-state index is 0.964. The molecule has 0 fully saturated rings. The summed E-state index contributed by atoms with van der Waals surface area (Å²) in [5.41, 5.74) is 1.43. The van der Waals surface area contributed by atoms with Crippen LogP contribution in [0.5, 0.6) is 0 Å². The normalized spacial score (nSPS) is 12.1. The Morgan fingerprint density at radius 2 is 2.10 bits per heavy atom. The van der Waals surface area contributed by atoms with Crippen LogP contribution < -0.4 is 0 Å². The van der Waals surface area contributed by atoms with Crippen LogP contribution >= 0.6 is 0 Å². The fraction of sp³-hybridized carbons (Fsp3) is 0.700. The molecular formula is C10H19. The average Bonchev–Trinajstić information content (AvgIpc) is 1.98. The van der Waals surface area contributed by atoms with E-state index in [0.717, 1.165) is 6.42 Å². The molecule has 0 unspecified atom stereocenters. The second-order valence-corrected chi connectivity index (χ2v) is 2.80. The molecule has 0 N–H and O–H groups in total. The molecule has 0 aliphatic carbocycles. The van der Waals surface area contributed by atoms with Crippen LogP contribution in [0.4, 0.5) is 0 Å². The number of unbranched alkanes of at least 4 members (excludes halogenated alkanes) is 3. The molecule has 0 nitrogen and oxygen atoms in total. The van der Waals surface area contributed by atoms with E-state index in [4.69, 9.17) is 0 Å². The third-order valence-corrected chi connectivity index (χ3v) is 1.69. The third-order valence-electron chi connectivity index (χ3n) is 1.69. The molecule has 59 valence electrons. The third kappa shape index (κ3) is 5.87. The van der Waals surface area contributed by atoms with Crippen LogP contribution in [0.15, 0.2) is 11.6 Å². The maximum atomic E-state index is 3.82. The van der Waals surface area contributed by atoms with E-state index in [0.29, 0.717) is 0 Å². The highest BCUT2D eigenvalue weighted by molar-refractivity contribution is 4.98. The zero-order valence-electron chi connectivity index (χ0n) is 7.32. The van der Waals surface area contributed by atoms with Gasteiger partial charge in [-0.25, -0.2) is 0 Å². The van der Waals surface area contributed by atoms with Crippen LogP contribution in [0.2, 0.25) is 0 Å². The molecule has 0 aromatic rings. The molecule has 0 aromatic carbocycles. The first-order valence-corrected chi connectivity index (χ1v) is 4.26. The molecule has 10 heavy (non-hydrogen) atoms. The topological polar surface area (TPSA) is 0 Å². The number of hydrogen-bond donors (Lipinski definition) is 0. The van der Waals surface area contributed by atoms with Crippen molar-refractivity contribution in [3.05, 3.63) is 18.6 Å². The Labute approximate surface area is 65.3 Å². The zero-order chi connectivity index (χ0) is 7.82. The van der Waals surface area contributed by atoms with E-state index < -0.39 is 0 Å². The summed E-state index contributed by atoms with van der Waals surface area (Å²) in [7, 11) is 0. The number of allylic oxidation sites excluding steroid dienone is 2.